The highest BCUT2D eigenvalue weighted by Gasteiger charge is 2.12. The van der Waals surface area contributed by atoms with E-state index in [9.17, 15) is 8.78 Å². The van der Waals surface area contributed by atoms with E-state index < -0.39 is 11.6 Å². The zero-order chi connectivity index (χ0) is 11.7. The molecule has 1 radical (unpaired) electrons. The number of benzene rings is 2. The molecule has 2 rings (SSSR count). The van der Waals surface area contributed by atoms with E-state index in [1.807, 2.05) is 6.92 Å². The lowest BCUT2D eigenvalue weighted by Crippen LogP contribution is -1.92. The van der Waals surface area contributed by atoms with Crippen LogP contribution in [-0.2, 0) is 0 Å². The lowest BCUT2D eigenvalue weighted by atomic mass is 9.98. The highest BCUT2D eigenvalue weighted by atomic mass is 19.1. The molecular weight excluding hydrogens is 206 g/mol. The summed E-state index contributed by atoms with van der Waals surface area (Å²) in [5.74, 6) is -1.08. The van der Waals surface area contributed by atoms with Gasteiger partial charge >= 0.3 is 0 Å². The van der Waals surface area contributed by atoms with Crippen molar-refractivity contribution in [1.29, 1.82) is 0 Å². The molecule has 0 atom stereocenters. The van der Waals surface area contributed by atoms with E-state index in [1.165, 1.54) is 18.2 Å². The minimum atomic E-state index is -0.541. The molecule has 0 amide bonds. The Labute approximate surface area is 93.5 Å². The summed E-state index contributed by atoms with van der Waals surface area (Å²) < 4.78 is 27.1. The molecule has 2 aromatic carbocycles. The molecule has 0 aliphatic carbocycles. The number of rotatable bonds is 1. The summed E-state index contributed by atoms with van der Waals surface area (Å²) >= 11 is 0. The molecule has 0 aliphatic rings. The van der Waals surface area contributed by atoms with Crippen LogP contribution in [0.5, 0.6) is 0 Å². The van der Waals surface area contributed by atoms with Gasteiger partial charge in [-0.15, -0.1) is 0 Å². The van der Waals surface area contributed by atoms with E-state index in [4.69, 9.17) is 0 Å². The first-order valence-corrected chi connectivity index (χ1v) is 5.03. The van der Waals surface area contributed by atoms with Gasteiger partial charge in [-0.2, -0.15) is 0 Å². The zero-order valence-electron chi connectivity index (χ0n) is 9.14. The molecule has 0 bridgehead atoms. The third-order valence-electron chi connectivity index (χ3n) is 2.52. The second-order valence-electron chi connectivity index (χ2n) is 3.78. The van der Waals surface area contributed by atoms with E-state index >= 15 is 0 Å². The second kappa shape index (κ2) is 4.05. The van der Waals surface area contributed by atoms with Gasteiger partial charge in [-0.25, -0.2) is 8.78 Å². The summed E-state index contributed by atoms with van der Waals surface area (Å²) in [5, 5.41) is 0. The van der Waals surface area contributed by atoms with Crippen LogP contribution in [0.4, 0.5) is 8.78 Å². The third kappa shape index (κ3) is 1.83. The fraction of sp³-hybridized carbons (Fsp3) is 0.143. The normalized spacial score (nSPS) is 10.5. The Morgan fingerprint density at radius 3 is 2.12 bits per heavy atom. The van der Waals surface area contributed by atoms with E-state index in [-0.39, 0.29) is 5.56 Å². The maximum atomic E-state index is 13.6. The van der Waals surface area contributed by atoms with Crippen LogP contribution in [-0.4, -0.2) is 0 Å². The molecule has 2 aromatic rings. The van der Waals surface area contributed by atoms with Gasteiger partial charge < -0.3 is 0 Å². The van der Waals surface area contributed by atoms with Gasteiger partial charge in [0.1, 0.15) is 11.6 Å². The first-order chi connectivity index (χ1) is 7.59. The Morgan fingerprint density at radius 2 is 1.56 bits per heavy atom. The van der Waals surface area contributed by atoms with Crippen molar-refractivity contribution in [2.75, 3.05) is 0 Å². The Morgan fingerprint density at radius 1 is 0.938 bits per heavy atom. The van der Waals surface area contributed by atoms with Crippen molar-refractivity contribution in [2.45, 2.75) is 13.8 Å². The number of hydrogen-bond donors (Lipinski definition) is 0. The predicted octanol–water partition coefficient (Wildman–Crippen LogP) is 4.05. The van der Waals surface area contributed by atoms with Gasteiger partial charge in [0.05, 0.1) is 5.56 Å². The van der Waals surface area contributed by atoms with Gasteiger partial charge in [0.2, 0.25) is 0 Å². The number of halogens is 2. The van der Waals surface area contributed by atoms with Crippen LogP contribution in [0.15, 0.2) is 30.3 Å². The summed E-state index contributed by atoms with van der Waals surface area (Å²) in [7, 11) is 0. The van der Waals surface area contributed by atoms with Crippen molar-refractivity contribution in [3.05, 3.63) is 59.2 Å². The quantitative estimate of drug-likeness (QED) is 0.676. The van der Waals surface area contributed by atoms with Gasteiger partial charge in [0.15, 0.2) is 0 Å². The summed E-state index contributed by atoms with van der Waals surface area (Å²) in [6, 6.07) is 10.5. The lowest BCUT2D eigenvalue weighted by molar-refractivity contribution is 0.589. The summed E-state index contributed by atoms with van der Waals surface area (Å²) in [5.41, 5.74) is 2.29. The molecule has 0 heterocycles. The molecule has 0 fully saturated rings. The summed E-state index contributed by atoms with van der Waals surface area (Å²) in [4.78, 5) is 0. The van der Waals surface area contributed by atoms with E-state index in [1.54, 1.807) is 19.1 Å². The van der Waals surface area contributed by atoms with Gasteiger partial charge in [-0.3, -0.25) is 0 Å². The van der Waals surface area contributed by atoms with Crippen molar-refractivity contribution >= 4 is 0 Å². The van der Waals surface area contributed by atoms with Crippen molar-refractivity contribution in [1.82, 2.24) is 0 Å². The summed E-state index contributed by atoms with van der Waals surface area (Å²) in [6.45, 7) is 3.70. The van der Waals surface area contributed by atoms with Gasteiger partial charge in [-0.05, 0) is 48.7 Å². The minimum absolute atomic E-state index is 0.0243. The average molecular weight is 217 g/mol. The SMILES string of the molecule is Cc1[c]c(C)c(-c2c(F)cccc2F)cc1. The number of hydrogen-bond acceptors (Lipinski definition) is 0. The first kappa shape index (κ1) is 10.8. The largest absolute Gasteiger partial charge is 0.206 e. The fourth-order valence-electron chi connectivity index (χ4n) is 1.76. The fourth-order valence-corrected chi connectivity index (χ4v) is 1.76. The smallest absolute Gasteiger partial charge is 0.133 e. The van der Waals surface area contributed by atoms with Gasteiger partial charge in [0.25, 0.3) is 0 Å². The monoisotopic (exact) mass is 217 g/mol. The number of aryl methyl sites for hydroxylation is 2. The van der Waals surface area contributed by atoms with Crippen molar-refractivity contribution < 1.29 is 8.78 Å². The van der Waals surface area contributed by atoms with Crippen LogP contribution in [0.3, 0.4) is 0 Å². The van der Waals surface area contributed by atoms with E-state index in [2.05, 4.69) is 6.07 Å². The van der Waals surface area contributed by atoms with Crippen molar-refractivity contribution in [2.24, 2.45) is 0 Å². The molecule has 0 unspecified atom stereocenters. The topological polar surface area (TPSA) is 0 Å². The van der Waals surface area contributed by atoms with Crippen LogP contribution in [0, 0.1) is 31.5 Å². The maximum absolute atomic E-state index is 13.6. The van der Waals surface area contributed by atoms with E-state index in [0.717, 1.165) is 11.1 Å². The molecule has 0 saturated heterocycles. The molecule has 0 aromatic heterocycles. The maximum Gasteiger partial charge on any atom is 0.133 e. The summed E-state index contributed by atoms with van der Waals surface area (Å²) in [6.07, 6.45) is 0. The highest BCUT2D eigenvalue weighted by molar-refractivity contribution is 5.68. The molecule has 2 heteroatoms. The van der Waals surface area contributed by atoms with Crippen molar-refractivity contribution in [3.8, 4) is 11.1 Å². The van der Waals surface area contributed by atoms with Crippen LogP contribution >= 0.6 is 0 Å². The second-order valence-corrected chi connectivity index (χ2v) is 3.78. The first-order valence-electron chi connectivity index (χ1n) is 5.03. The van der Waals surface area contributed by atoms with Crippen LogP contribution < -0.4 is 0 Å². The third-order valence-corrected chi connectivity index (χ3v) is 2.52. The van der Waals surface area contributed by atoms with Crippen LogP contribution in [0.25, 0.3) is 11.1 Å². The Balaban J connectivity index is 2.68. The van der Waals surface area contributed by atoms with Gasteiger partial charge in [0, 0.05) is 0 Å². The zero-order valence-corrected chi connectivity index (χ0v) is 9.14. The van der Waals surface area contributed by atoms with Gasteiger partial charge in [-0.1, -0.05) is 18.2 Å². The molecule has 0 aliphatic heterocycles. The van der Waals surface area contributed by atoms with Crippen LogP contribution in [0.1, 0.15) is 11.1 Å². The molecule has 16 heavy (non-hydrogen) atoms. The molecule has 0 nitrogen and oxygen atoms in total. The predicted molar refractivity (Wildman–Crippen MR) is 60.1 cm³/mol. The molecule has 0 spiro atoms. The Kier molecular flexibility index (Phi) is 2.73. The molecule has 0 saturated carbocycles. The Bertz CT molecular complexity index is 510. The standard InChI is InChI=1S/C14H11F2/c1-9-6-7-11(10(2)8-9)14-12(15)4-3-5-13(14)16/h3-7H,1-2H3. The minimum Gasteiger partial charge on any atom is -0.206 e. The molecule has 81 valence electrons. The van der Waals surface area contributed by atoms with Crippen LogP contribution in [0.2, 0.25) is 0 Å². The van der Waals surface area contributed by atoms with E-state index in [0.29, 0.717) is 5.56 Å². The Hall–Kier alpha value is -1.70. The average Bonchev–Trinajstić information content (AvgIpc) is 2.20. The molecular formula is C14H11F2. The van der Waals surface area contributed by atoms with Crippen molar-refractivity contribution in [3.63, 3.8) is 0 Å². The highest BCUT2D eigenvalue weighted by Crippen LogP contribution is 2.28. The lowest BCUT2D eigenvalue weighted by Gasteiger charge is -2.08. The molecule has 0 N–H and O–H groups in total.